The van der Waals surface area contributed by atoms with Crippen LogP contribution in [-0.4, -0.2) is 37.7 Å². The second kappa shape index (κ2) is 4.43. The Hall–Kier alpha value is -1.64. The minimum absolute atomic E-state index is 0.0153. The number of aromatic nitrogens is 3. The van der Waals surface area contributed by atoms with Crippen molar-refractivity contribution in [1.29, 1.82) is 0 Å². The van der Waals surface area contributed by atoms with Gasteiger partial charge >= 0.3 is 6.18 Å². The zero-order valence-electron chi connectivity index (χ0n) is 11.5. The van der Waals surface area contributed by atoms with E-state index in [1.54, 1.807) is 6.92 Å². The first-order chi connectivity index (χ1) is 9.71. The van der Waals surface area contributed by atoms with E-state index in [0.717, 1.165) is 17.4 Å². The van der Waals surface area contributed by atoms with Gasteiger partial charge in [0.1, 0.15) is 0 Å². The fourth-order valence-corrected chi connectivity index (χ4v) is 2.74. The highest BCUT2D eigenvalue weighted by Gasteiger charge is 2.47. The van der Waals surface area contributed by atoms with Gasteiger partial charge in [0.2, 0.25) is 11.7 Å². The maximum absolute atomic E-state index is 12.7. The molecule has 3 rings (SSSR count). The minimum Gasteiger partial charge on any atom is -0.332 e. The lowest BCUT2D eigenvalue weighted by molar-refractivity contribution is -0.148. The van der Waals surface area contributed by atoms with Gasteiger partial charge in [-0.25, -0.2) is 0 Å². The third-order valence-corrected chi connectivity index (χ3v) is 4.18. The molecule has 2 heterocycles. The molecule has 1 unspecified atom stereocenters. The molecule has 1 amide bonds. The lowest BCUT2D eigenvalue weighted by Crippen LogP contribution is -2.56. The van der Waals surface area contributed by atoms with Crippen molar-refractivity contribution >= 4 is 5.91 Å². The van der Waals surface area contributed by atoms with Crippen LogP contribution < -0.4 is 5.73 Å². The van der Waals surface area contributed by atoms with Gasteiger partial charge in [0.25, 0.3) is 0 Å². The van der Waals surface area contributed by atoms with Gasteiger partial charge < -0.3 is 15.2 Å². The number of alkyl halides is 3. The summed E-state index contributed by atoms with van der Waals surface area (Å²) in [4.78, 5) is 13.9. The molecule has 0 spiro atoms. The van der Waals surface area contributed by atoms with Crippen molar-refractivity contribution in [3.8, 4) is 0 Å². The minimum atomic E-state index is -4.53. The number of halogens is 3. The van der Waals surface area contributed by atoms with Crippen LogP contribution in [-0.2, 0) is 24.1 Å². The molecule has 1 atom stereocenters. The Bertz CT molecular complexity index is 576. The molecule has 9 heteroatoms. The molecule has 6 nitrogen and oxygen atoms in total. The largest absolute Gasteiger partial charge is 0.451 e. The summed E-state index contributed by atoms with van der Waals surface area (Å²) in [7, 11) is 0. The Morgan fingerprint density at radius 2 is 1.95 bits per heavy atom. The highest BCUT2D eigenvalue weighted by Crippen LogP contribution is 2.39. The van der Waals surface area contributed by atoms with E-state index in [9.17, 15) is 18.0 Å². The lowest BCUT2D eigenvalue weighted by atomic mass is 9.95. The number of nitrogens with two attached hydrogens (primary N) is 1. The lowest BCUT2D eigenvalue weighted by Gasteiger charge is -2.34. The van der Waals surface area contributed by atoms with Crippen LogP contribution in [0.3, 0.4) is 0 Å². The van der Waals surface area contributed by atoms with Crippen LogP contribution in [0.2, 0.25) is 0 Å². The summed E-state index contributed by atoms with van der Waals surface area (Å²) in [6.07, 6.45) is -2.70. The zero-order valence-corrected chi connectivity index (χ0v) is 11.5. The van der Waals surface area contributed by atoms with Gasteiger partial charge in [0.05, 0.1) is 12.1 Å². The van der Waals surface area contributed by atoms with Gasteiger partial charge in [-0.15, -0.1) is 10.2 Å². The molecule has 1 fully saturated rings. The van der Waals surface area contributed by atoms with Crippen molar-refractivity contribution in [3.05, 3.63) is 11.6 Å². The number of nitrogens with zero attached hydrogens (tertiary/aromatic N) is 4. The number of carbonyl (C=O) groups excluding carboxylic acids is 1. The van der Waals surface area contributed by atoms with Gasteiger partial charge in [-0.05, 0) is 25.7 Å². The summed E-state index contributed by atoms with van der Waals surface area (Å²) >= 11 is 0. The van der Waals surface area contributed by atoms with E-state index in [2.05, 4.69) is 10.2 Å². The van der Waals surface area contributed by atoms with Crippen molar-refractivity contribution in [2.45, 2.75) is 44.6 Å². The fraction of sp³-hybridized carbons (Fsp3) is 0.750. The van der Waals surface area contributed by atoms with E-state index in [-0.39, 0.29) is 37.3 Å². The molecule has 2 aliphatic rings. The molecular weight excluding hydrogens is 287 g/mol. The SMILES string of the molecule is CC(N)(C(=O)N1CCn2c(nnc2C(F)(F)F)C1)C1CC1. The molecule has 1 saturated carbocycles. The predicted octanol–water partition coefficient (Wildman–Crippen LogP) is 0.766. The topological polar surface area (TPSA) is 77.0 Å². The van der Waals surface area contributed by atoms with Crippen molar-refractivity contribution in [3.63, 3.8) is 0 Å². The number of rotatable bonds is 2. The van der Waals surface area contributed by atoms with Crippen LogP contribution in [0.25, 0.3) is 0 Å². The van der Waals surface area contributed by atoms with Gasteiger partial charge in [-0.1, -0.05) is 0 Å². The molecule has 2 N–H and O–H groups in total. The van der Waals surface area contributed by atoms with E-state index in [1.807, 2.05) is 0 Å². The van der Waals surface area contributed by atoms with Gasteiger partial charge in [0, 0.05) is 13.1 Å². The highest BCUT2D eigenvalue weighted by molar-refractivity contribution is 5.86. The molecule has 0 aromatic carbocycles. The molecule has 0 bridgehead atoms. The second-order valence-electron chi connectivity index (χ2n) is 5.87. The quantitative estimate of drug-likeness (QED) is 0.875. The van der Waals surface area contributed by atoms with Gasteiger partial charge in [0.15, 0.2) is 5.82 Å². The average Bonchev–Trinajstić information content (AvgIpc) is 3.16. The second-order valence-corrected chi connectivity index (χ2v) is 5.87. The highest BCUT2D eigenvalue weighted by atomic mass is 19.4. The van der Waals surface area contributed by atoms with E-state index < -0.39 is 17.5 Å². The van der Waals surface area contributed by atoms with Gasteiger partial charge in [-0.2, -0.15) is 13.2 Å². The summed E-state index contributed by atoms with van der Waals surface area (Å²) in [5.74, 6) is -0.931. The normalized spacial score (nSPS) is 21.9. The Kier molecular flexibility index (Phi) is 3.01. The Morgan fingerprint density at radius 1 is 1.29 bits per heavy atom. The first-order valence-electron chi connectivity index (χ1n) is 6.79. The van der Waals surface area contributed by atoms with Crippen molar-refractivity contribution in [1.82, 2.24) is 19.7 Å². The van der Waals surface area contributed by atoms with Crippen LogP contribution in [0.4, 0.5) is 13.2 Å². The molecule has 1 aromatic rings. The van der Waals surface area contributed by atoms with Crippen LogP contribution in [0.5, 0.6) is 0 Å². The molecule has 0 saturated heterocycles. The number of carbonyl (C=O) groups is 1. The molecule has 1 aromatic heterocycles. The Labute approximate surface area is 119 Å². The Balaban J connectivity index is 1.79. The smallest absolute Gasteiger partial charge is 0.332 e. The summed E-state index contributed by atoms with van der Waals surface area (Å²) in [5, 5.41) is 6.75. The van der Waals surface area contributed by atoms with Gasteiger partial charge in [-0.3, -0.25) is 4.79 Å². The number of hydrogen-bond acceptors (Lipinski definition) is 4. The number of fused-ring (bicyclic) bond motifs is 1. The van der Waals surface area contributed by atoms with Crippen LogP contribution in [0.15, 0.2) is 0 Å². The third kappa shape index (κ3) is 2.39. The summed E-state index contributed by atoms with van der Waals surface area (Å²) in [6.45, 7) is 1.92. The predicted molar refractivity (Wildman–Crippen MR) is 65.8 cm³/mol. The monoisotopic (exact) mass is 303 g/mol. The average molecular weight is 303 g/mol. The first-order valence-corrected chi connectivity index (χ1v) is 6.79. The van der Waals surface area contributed by atoms with E-state index >= 15 is 0 Å². The first kappa shape index (κ1) is 14.3. The zero-order chi connectivity index (χ0) is 15.4. The molecule has 21 heavy (non-hydrogen) atoms. The Morgan fingerprint density at radius 3 is 2.52 bits per heavy atom. The third-order valence-electron chi connectivity index (χ3n) is 4.18. The summed E-state index contributed by atoms with van der Waals surface area (Å²) in [6, 6.07) is 0. The van der Waals surface area contributed by atoms with E-state index in [1.165, 1.54) is 4.90 Å². The molecule has 116 valence electrons. The molecular formula is C12H16F3N5O. The van der Waals surface area contributed by atoms with Crippen LogP contribution >= 0.6 is 0 Å². The molecule has 0 radical (unpaired) electrons. The van der Waals surface area contributed by atoms with Crippen molar-refractivity contribution in [2.24, 2.45) is 11.7 Å². The van der Waals surface area contributed by atoms with Crippen LogP contribution in [0, 0.1) is 5.92 Å². The standard InChI is InChI=1S/C12H16F3N5O/c1-11(16,7-2-3-7)10(21)19-4-5-20-8(6-19)17-18-9(20)12(13,14)15/h7H,2-6,16H2,1H3. The van der Waals surface area contributed by atoms with Crippen LogP contribution in [0.1, 0.15) is 31.4 Å². The van der Waals surface area contributed by atoms with E-state index in [0.29, 0.717) is 0 Å². The number of amides is 1. The maximum atomic E-state index is 12.7. The molecule has 1 aliphatic heterocycles. The number of hydrogen-bond donors (Lipinski definition) is 1. The van der Waals surface area contributed by atoms with Crippen molar-refractivity contribution in [2.75, 3.05) is 6.54 Å². The summed E-state index contributed by atoms with van der Waals surface area (Å²) in [5.41, 5.74) is 5.13. The van der Waals surface area contributed by atoms with E-state index in [4.69, 9.17) is 5.73 Å². The van der Waals surface area contributed by atoms with Crippen molar-refractivity contribution < 1.29 is 18.0 Å². The maximum Gasteiger partial charge on any atom is 0.451 e. The molecule has 1 aliphatic carbocycles. The fourth-order valence-electron chi connectivity index (χ4n) is 2.74. The summed E-state index contributed by atoms with van der Waals surface area (Å²) < 4.78 is 39.3.